The van der Waals surface area contributed by atoms with E-state index in [1.807, 2.05) is 20.8 Å². The Labute approximate surface area is 209 Å². The molecule has 3 unspecified atom stereocenters. The summed E-state index contributed by atoms with van der Waals surface area (Å²) in [6, 6.07) is 5.47. The molecule has 4 rings (SSSR count). The van der Waals surface area contributed by atoms with Crippen LogP contribution in [0.25, 0.3) is 0 Å². The van der Waals surface area contributed by atoms with Gasteiger partial charge >= 0.3 is 5.97 Å². The molecule has 34 heavy (non-hydrogen) atoms. The highest BCUT2D eigenvalue weighted by Gasteiger charge is 2.77. The Balaban J connectivity index is 1.90. The van der Waals surface area contributed by atoms with Crippen LogP contribution in [-0.4, -0.2) is 68.1 Å². The average Bonchev–Trinajstić information content (AvgIpc) is 3.37. The second-order valence-electron chi connectivity index (χ2n) is 9.82. The van der Waals surface area contributed by atoms with Gasteiger partial charge in [-0.3, -0.25) is 14.4 Å². The summed E-state index contributed by atoms with van der Waals surface area (Å²) in [6.07, 6.45) is 2.23. The van der Waals surface area contributed by atoms with Crippen LogP contribution in [0.3, 0.4) is 0 Å². The van der Waals surface area contributed by atoms with E-state index >= 15 is 0 Å². The molecule has 1 aromatic rings. The predicted octanol–water partition coefficient (Wildman–Crippen LogP) is 3.30. The standard InChI is InChI=1S/C25H31ClN2O5S/c1-5-10-27(16-9-7-6-8-15(16)26)23(31)21-25-14(4)11-18(34-25)19(24(32)33)20(25)22(30)28(21)17(12-29)13(2)3/h5-9,13-14,17-21,29H,1,10-12H2,2-4H3,(H,32,33)/t14?,17-,18+,19-,20-,21?,25?/m0/s1. The molecule has 3 saturated heterocycles. The van der Waals surface area contributed by atoms with Crippen LogP contribution >= 0.6 is 23.4 Å². The molecule has 2 amide bonds. The fraction of sp³-hybridized carbons (Fsp3) is 0.560. The topological polar surface area (TPSA) is 98.2 Å². The number of para-hydroxylation sites is 1. The molecule has 0 saturated carbocycles. The number of aliphatic carboxylic acids is 1. The van der Waals surface area contributed by atoms with E-state index in [1.54, 1.807) is 30.3 Å². The van der Waals surface area contributed by atoms with E-state index in [2.05, 4.69) is 6.58 Å². The number of carboxylic acid groups (broad SMARTS) is 1. The molecule has 1 aromatic carbocycles. The highest BCUT2D eigenvalue weighted by Crippen LogP contribution is 2.69. The Morgan fingerprint density at radius 3 is 2.62 bits per heavy atom. The van der Waals surface area contributed by atoms with Gasteiger partial charge in [-0.2, -0.15) is 0 Å². The number of carbonyl (C=O) groups is 3. The molecule has 2 N–H and O–H groups in total. The van der Waals surface area contributed by atoms with Gasteiger partial charge in [-0.05, 0) is 30.4 Å². The van der Waals surface area contributed by atoms with Gasteiger partial charge in [0.15, 0.2) is 0 Å². The number of hydrogen-bond acceptors (Lipinski definition) is 5. The van der Waals surface area contributed by atoms with E-state index in [0.29, 0.717) is 17.1 Å². The molecule has 7 atom stereocenters. The van der Waals surface area contributed by atoms with Crippen molar-refractivity contribution in [3.8, 4) is 0 Å². The van der Waals surface area contributed by atoms with E-state index in [1.165, 1.54) is 21.6 Å². The molecule has 9 heteroatoms. The van der Waals surface area contributed by atoms with Crippen LogP contribution in [-0.2, 0) is 14.4 Å². The summed E-state index contributed by atoms with van der Waals surface area (Å²) in [4.78, 5) is 43.7. The minimum absolute atomic E-state index is 0.0469. The number of likely N-dealkylation sites (tertiary alicyclic amines) is 1. The zero-order chi connectivity index (χ0) is 24.9. The van der Waals surface area contributed by atoms with Crippen LogP contribution in [0, 0.1) is 23.7 Å². The van der Waals surface area contributed by atoms with Gasteiger partial charge in [0.25, 0.3) is 5.91 Å². The third kappa shape index (κ3) is 3.48. The summed E-state index contributed by atoms with van der Waals surface area (Å²) >= 11 is 7.94. The Morgan fingerprint density at radius 1 is 1.38 bits per heavy atom. The first-order valence-electron chi connectivity index (χ1n) is 11.6. The molecular weight excluding hydrogens is 476 g/mol. The van der Waals surface area contributed by atoms with Crippen molar-refractivity contribution >= 4 is 46.8 Å². The lowest BCUT2D eigenvalue weighted by Gasteiger charge is -2.42. The number of benzene rings is 1. The van der Waals surface area contributed by atoms with Gasteiger partial charge in [0.1, 0.15) is 6.04 Å². The van der Waals surface area contributed by atoms with Crippen molar-refractivity contribution in [1.82, 2.24) is 4.90 Å². The Kier molecular flexibility index (Phi) is 6.79. The molecule has 7 nitrogen and oxygen atoms in total. The maximum Gasteiger partial charge on any atom is 0.308 e. The summed E-state index contributed by atoms with van der Waals surface area (Å²) in [6.45, 7) is 9.45. The third-order valence-corrected chi connectivity index (χ3v) is 10.1. The number of thioether (sulfide) groups is 1. The molecular formula is C25H31ClN2O5S. The zero-order valence-electron chi connectivity index (χ0n) is 19.6. The summed E-state index contributed by atoms with van der Waals surface area (Å²) in [5, 5.41) is 20.5. The number of anilines is 1. The van der Waals surface area contributed by atoms with E-state index in [9.17, 15) is 24.6 Å². The molecule has 2 bridgehead atoms. The fourth-order valence-electron chi connectivity index (χ4n) is 6.25. The number of amides is 2. The Morgan fingerprint density at radius 2 is 2.06 bits per heavy atom. The van der Waals surface area contributed by atoms with Gasteiger partial charge in [0.05, 0.1) is 39.9 Å². The largest absolute Gasteiger partial charge is 0.481 e. The van der Waals surface area contributed by atoms with Crippen LogP contribution in [0.1, 0.15) is 27.2 Å². The quantitative estimate of drug-likeness (QED) is 0.525. The average molecular weight is 507 g/mol. The monoisotopic (exact) mass is 506 g/mol. The summed E-state index contributed by atoms with van der Waals surface area (Å²) in [7, 11) is 0. The van der Waals surface area contributed by atoms with E-state index in [4.69, 9.17) is 11.6 Å². The normalized spacial score (nSPS) is 32.7. The van der Waals surface area contributed by atoms with E-state index in [-0.39, 0.29) is 42.1 Å². The smallest absolute Gasteiger partial charge is 0.308 e. The minimum atomic E-state index is -1.00. The lowest BCUT2D eigenvalue weighted by molar-refractivity contribution is -0.150. The van der Waals surface area contributed by atoms with Crippen molar-refractivity contribution < 1.29 is 24.6 Å². The molecule has 0 aromatic heterocycles. The number of nitrogens with zero attached hydrogens (tertiary/aromatic N) is 2. The maximum atomic E-state index is 14.4. The fourth-order valence-corrected chi connectivity index (χ4v) is 8.89. The van der Waals surface area contributed by atoms with Crippen LogP contribution in [0.5, 0.6) is 0 Å². The number of aliphatic hydroxyl groups excluding tert-OH is 1. The Hall–Kier alpha value is -2.03. The molecule has 1 spiro atoms. The first-order chi connectivity index (χ1) is 16.1. The van der Waals surface area contributed by atoms with Gasteiger partial charge in [-0.25, -0.2) is 0 Å². The van der Waals surface area contributed by atoms with Crippen molar-refractivity contribution in [3.63, 3.8) is 0 Å². The zero-order valence-corrected chi connectivity index (χ0v) is 21.1. The number of rotatable bonds is 8. The van der Waals surface area contributed by atoms with Crippen LogP contribution in [0.4, 0.5) is 5.69 Å². The summed E-state index contributed by atoms with van der Waals surface area (Å²) in [5.41, 5.74) is 0.506. The van der Waals surface area contributed by atoms with Gasteiger partial charge in [-0.1, -0.05) is 50.6 Å². The molecule has 184 valence electrons. The number of hydrogen-bond donors (Lipinski definition) is 2. The number of carbonyl (C=O) groups excluding carboxylic acids is 2. The van der Waals surface area contributed by atoms with Crippen molar-refractivity contribution in [3.05, 3.63) is 41.9 Å². The predicted molar refractivity (Wildman–Crippen MR) is 133 cm³/mol. The second kappa shape index (κ2) is 9.21. The molecule has 3 heterocycles. The molecule has 0 aliphatic carbocycles. The van der Waals surface area contributed by atoms with Gasteiger partial charge in [0, 0.05) is 11.8 Å². The molecule has 3 aliphatic heterocycles. The molecule has 3 fully saturated rings. The number of fused-ring (bicyclic) bond motifs is 1. The van der Waals surface area contributed by atoms with Crippen LogP contribution in [0.2, 0.25) is 5.02 Å². The highest BCUT2D eigenvalue weighted by molar-refractivity contribution is 8.02. The second-order valence-corrected chi connectivity index (χ2v) is 11.8. The van der Waals surface area contributed by atoms with E-state index < -0.39 is 34.6 Å². The lowest BCUT2D eigenvalue weighted by Crippen LogP contribution is -2.60. The van der Waals surface area contributed by atoms with Crippen molar-refractivity contribution in [1.29, 1.82) is 0 Å². The van der Waals surface area contributed by atoms with E-state index in [0.717, 1.165) is 0 Å². The summed E-state index contributed by atoms with van der Waals surface area (Å²) in [5.74, 6) is -3.53. The first kappa shape index (κ1) is 25.1. The SMILES string of the molecule is C=CCN(C(=O)C1N([C@@H](CO)C(C)C)C(=O)[C@@H]2[C@@H](C(=O)O)[C@H]3CC(C)C12S3)c1ccccc1Cl. The molecule has 0 radical (unpaired) electrons. The summed E-state index contributed by atoms with van der Waals surface area (Å²) < 4.78 is -0.884. The van der Waals surface area contributed by atoms with Gasteiger partial charge in [-0.15, -0.1) is 18.3 Å². The highest BCUT2D eigenvalue weighted by atomic mass is 35.5. The third-order valence-electron chi connectivity index (χ3n) is 7.74. The van der Waals surface area contributed by atoms with Crippen LogP contribution in [0.15, 0.2) is 36.9 Å². The lowest BCUT2D eigenvalue weighted by atomic mass is 9.66. The number of aliphatic hydroxyl groups is 1. The maximum absolute atomic E-state index is 14.4. The van der Waals surface area contributed by atoms with Gasteiger partial charge in [0.2, 0.25) is 5.91 Å². The van der Waals surface area contributed by atoms with Crippen molar-refractivity contribution in [2.24, 2.45) is 23.7 Å². The van der Waals surface area contributed by atoms with Crippen molar-refractivity contribution in [2.45, 2.75) is 49.3 Å². The number of halogens is 1. The van der Waals surface area contributed by atoms with Crippen molar-refractivity contribution in [2.75, 3.05) is 18.1 Å². The molecule has 3 aliphatic rings. The Bertz CT molecular complexity index is 1020. The first-order valence-corrected chi connectivity index (χ1v) is 12.9. The minimum Gasteiger partial charge on any atom is -0.481 e. The number of carboxylic acids is 1. The van der Waals surface area contributed by atoms with Crippen LogP contribution < -0.4 is 4.90 Å². The van der Waals surface area contributed by atoms with Gasteiger partial charge < -0.3 is 20.0 Å².